The zero-order valence-corrected chi connectivity index (χ0v) is 17.7. The van der Waals surface area contributed by atoms with Crippen LogP contribution in [0.15, 0.2) is 59.1 Å². The number of nitrogens with zero attached hydrogens (tertiary/aromatic N) is 4. The van der Waals surface area contributed by atoms with Gasteiger partial charge in [0.1, 0.15) is 5.75 Å². The Labute approximate surface area is 175 Å². The fraction of sp³-hybridized carbons (Fsp3) is 0.250. The van der Waals surface area contributed by atoms with Crippen molar-refractivity contribution < 1.29 is 18.1 Å². The smallest absolute Gasteiger partial charge is 0.350 e. The van der Waals surface area contributed by atoms with Crippen LogP contribution in [0, 0.1) is 10.1 Å². The summed E-state index contributed by atoms with van der Waals surface area (Å²) in [6.07, 6.45) is 1.50. The molecule has 2 aromatic rings. The lowest BCUT2D eigenvalue weighted by atomic mass is 10.0. The van der Waals surface area contributed by atoms with Crippen molar-refractivity contribution >= 4 is 33.0 Å². The van der Waals surface area contributed by atoms with E-state index in [0.717, 1.165) is 9.87 Å². The van der Waals surface area contributed by atoms with Gasteiger partial charge in [-0.1, -0.05) is 12.1 Å². The fourth-order valence-corrected chi connectivity index (χ4v) is 4.25. The maximum Gasteiger partial charge on any atom is 0.350 e. The molecule has 0 aromatic heterocycles. The Morgan fingerprint density at radius 3 is 2.17 bits per heavy atom. The van der Waals surface area contributed by atoms with Crippen molar-refractivity contribution in [2.24, 2.45) is 4.40 Å². The van der Waals surface area contributed by atoms with Gasteiger partial charge in [0, 0.05) is 37.0 Å². The van der Waals surface area contributed by atoms with Gasteiger partial charge in [-0.15, -0.1) is 4.40 Å². The van der Waals surface area contributed by atoms with Gasteiger partial charge in [-0.25, -0.2) is 4.31 Å². The van der Waals surface area contributed by atoms with E-state index in [1.165, 1.54) is 30.5 Å². The molecule has 0 saturated carbocycles. The number of rotatable bonds is 6. The molecule has 30 heavy (non-hydrogen) atoms. The predicted octanol–water partition coefficient (Wildman–Crippen LogP) is 3.45. The molecule has 0 bridgehead atoms. The van der Waals surface area contributed by atoms with Gasteiger partial charge < -0.3 is 9.64 Å². The van der Waals surface area contributed by atoms with Gasteiger partial charge >= 0.3 is 10.2 Å². The van der Waals surface area contributed by atoms with Crippen molar-refractivity contribution in [2.75, 3.05) is 24.5 Å². The third-order valence-corrected chi connectivity index (χ3v) is 5.93. The van der Waals surface area contributed by atoms with E-state index in [1.807, 2.05) is 30.9 Å². The third kappa shape index (κ3) is 4.13. The van der Waals surface area contributed by atoms with Crippen molar-refractivity contribution in [1.29, 1.82) is 0 Å². The predicted molar refractivity (Wildman–Crippen MR) is 116 cm³/mol. The van der Waals surface area contributed by atoms with Gasteiger partial charge in [0.25, 0.3) is 5.69 Å². The number of amidine groups is 1. The van der Waals surface area contributed by atoms with E-state index in [4.69, 9.17) is 4.74 Å². The number of nitro benzene ring substituents is 1. The summed E-state index contributed by atoms with van der Waals surface area (Å²) in [5.74, 6) is 1.03. The van der Waals surface area contributed by atoms with Crippen molar-refractivity contribution in [3.8, 4) is 5.75 Å². The van der Waals surface area contributed by atoms with Crippen LogP contribution in [0.2, 0.25) is 0 Å². The summed E-state index contributed by atoms with van der Waals surface area (Å²) in [7, 11) is -2.50. The lowest BCUT2D eigenvalue weighted by molar-refractivity contribution is -0.384. The number of anilines is 1. The highest BCUT2D eigenvalue weighted by Gasteiger charge is 2.31. The number of benzene rings is 2. The Kier molecular flexibility index (Phi) is 6.06. The lowest BCUT2D eigenvalue weighted by Gasteiger charge is -2.31. The van der Waals surface area contributed by atoms with E-state index in [-0.39, 0.29) is 11.4 Å². The minimum Gasteiger partial charge on any atom is -0.497 e. The molecule has 0 N–H and O–H groups in total. The van der Waals surface area contributed by atoms with Crippen molar-refractivity contribution in [3.05, 3.63) is 70.4 Å². The van der Waals surface area contributed by atoms with Crippen LogP contribution >= 0.6 is 0 Å². The zero-order chi connectivity index (χ0) is 21.9. The van der Waals surface area contributed by atoms with Crippen LogP contribution in [0.3, 0.4) is 0 Å². The standard InChI is InChI=1S/C20H22N4O5S/c1-4-22(5-2)20-19(15-6-12-18(29-3)13-7-15)14-23(30(27,28)21-20)16-8-10-17(11-9-16)24(25)26/h6-14H,4-5H2,1-3H3. The highest BCUT2D eigenvalue weighted by atomic mass is 32.2. The zero-order valence-electron chi connectivity index (χ0n) is 16.8. The van der Waals surface area contributed by atoms with E-state index in [1.54, 1.807) is 19.2 Å². The fourth-order valence-electron chi connectivity index (χ4n) is 3.10. The molecule has 9 nitrogen and oxygen atoms in total. The number of nitro groups is 1. The number of hydrogen-bond acceptors (Lipinski definition) is 6. The average molecular weight is 430 g/mol. The molecule has 0 unspecified atom stereocenters. The van der Waals surface area contributed by atoms with Crippen molar-refractivity contribution in [2.45, 2.75) is 13.8 Å². The molecule has 0 aliphatic carbocycles. The maximum atomic E-state index is 12.9. The second-order valence-electron chi connectivity index (χ2n) is 6.41. The van der Waals surface area contributed by atoms with Gasteiger partial charge in [0.2, 0.25) is 0 Å². The summed E-state index contributed by atoms with van der Waals surface area (Å²) in [5.41, 5.74) is 1.52. The largest absolute Gasteiger partial charge is 0.497 e. The molecule has 3 rings (SSSR count). The Hall–Kier alpha value is -3.40. The van der Waals surface area contributed by atoms with E-state index < -0.39 is 15.1 Å². The molecule has 0 amide bonds. The molecule has 158 valence electrons. The normalized spacial score (nSPS) is 15.2. The van der Waals surface area contributed by atoms with Crippen molar-refractivity contribution in [1.82, 2.24) is 4.90 Å². The molecule has 0 radical (unpaired) electrons. The van der Waals surface area contributed by atoms with Crippen LogP contribution in [0.1, 0.15) is 19.4 Å². The number of non-ortho nitro benzene ring substituents is 1. The third-order valence-electron chi connectivity index (χ3n) is 4.72. The molecule has 0 saturated heterocycles. The first kappa shape index (κ1) is 21.3. The molecule has 10 heteroatoms. The quantitative estimate of drug-likeness (QED) is 0.513. The molecule has 0 spiro atoms. The van der Waals surface area contributed by atoms with E-state index in [2.05, 4.69) is 4.40 Å². The molecule has 1 aliphatic rings. The molecular weight excluding hydrogens is 408 g/mol. The van der Waals surface area contributed by atoms with Gasteiger partial charge in [-0.2, -0.15) is 8.42 Å². The average Bonchev–Trinajstić information content (AvgIpc) is 2.74. The van der Waals surface area contributed by atoms with Crippen LogP contribution in [-0.2, 0) is 10.2 Å². The first-order chi connectivity index (χ1) is 14.3. The summed E-state index contributed by atoms with van der Waals surface area (Å²) in [6.45, 7) is 5.01. The van der Waals surface area contributed by atoms with E-state index in [0.29, 0.717) is 30.2 Å². The Balaban J connectivity index is 2.14. The van der Waals surface area contributed by atoms with Crippen LogP contribution in [0.25, 0.3) is 5.57 Å². The summed E-state index contributed by atoms with van der Waals surface area (Å²) in [5, 5.41) is 10.9. The highest BCUT2D eigenvalue weighted by molar-refractivity contribution is 7.92. The van der Waals surface area contributed by atoms with Gasteiger partial charge in [0.05, 0.1) is 17.7 Å². The number of methoxy groups -OCH3 is 1. The molecular formula is C20H22N4O5S. The summed E-state index contributed by atoms with van der Waals surface area (Å²) < 4.78 is 36.2. The van der Waals surface area contributed by atoms with Crippen LogP contribution in [-0.4, -0.2) is 44.3 Å². The Morgan fingerprint density at radius 1 is 1.07 bits per heavy atom. The Bertz CT molecular complexity index is 1090. The SMILES string of the molecule is CCN(CC)C1=NS(=O)(=O)N(c2ccc([N+](=O)[O-])cc2)C=C1c1ccc(OC)cc1. The van der Waals surface area contributed by atoms with Gasteiger partial charge in [0.15, 0.2) is 5.84 Å². The molecule has 1 heterocycles. The summed E-state index contributed by atoms with van der Waals surface area (Å²) in [4.78, 5) is 12.2. The molecule has 2 aromatic carbocycles. The first-order valence-electron chi connectivity index (χ1n) is 9.31. The van der Waals surface area contributed by atoms with Gasteiger partial charge in [-0.3, -0.25) is 10.1 Å². The maximum absolute atomic E-state index is 12.9. The lowest BCUT2D eigenvalue weighted by Crippen LogP contribution is -2.38. The van der Waals surface area contributed by atoms with Crippen LogP contribution < -0.4 is 9.04 Å². The minimum atomic E-state index is -4.07. The topological polar surface area (TPSA) is 105 Å². The number of ether oxygens (including phenoxy) is 1. The van der Waals surface area contributed by atoms with E-state index >= 15 is 0 Å². The minimum absolute atomic E-state index is 0.125. The molecule has 0 fully saturated rings. The van der Waals surface area contributed by atoms with Crippen molar-refractivity contribution in [3.63, 3.8) is 0 Å². The van der Waals surface area contributed by atoms with E-state index in [9.17, 15) is 18.5 Å². The van der Waals surface area contributed by atoms with Crippen LogP contribution in [0.4, 0.5) is 11.4 Å². The summed E-state index contributed by atoms with van der Waals surface area (Å²) >= 11 is 0. The summed E-state index contributed by atoms with van der Waals surface area (Å²) in [6, 6.07) is 12.5. The second kappa shape index (κ2) is 8.54. The Morgan fingerprint density at radius 2 is 1.67 bits per heavy atom. The van der Waals surface area contributed by atoms with Gasteiger partial charge in [-0.05, 0) is 43.7 Å². The highest BCUT2D eigenvalue weighted by Crippen LogP contribution is 2.31. The number of hydrogen-bond donors (Lipinski definition) is 0. The first-order valence-corrected chi connectivity index (χ1v) is 10.7. The number of likely N-dealkylation sites (N-methyl/N-ethyl adjacent to an activating group) is 1. The molecule has 1 aliphatic heterocycles. The second-order valence-corrected chi connectivity index (χ2v) is 7.88. The van der Waals surface area contributed by atoms with Crippen LogP contribution in [0.5, 0.6) is 5.75 Å². The molecule has 0 atom stereocenters. The monoisotopic (exact) mass is 430 g/mol.